The lowest BCUT2D eigenvalue weighted by Gasteiger charge is -2.18. The van der Waals surface area contributed by atoms with Gasteiger partial charge in [0.05, 0.1) is 6.61 Å². The van der Waals surface area contributed by atoms with Crippen molar-refractivity contribution in [1.82, 2.24) is 0 Å². The van der Waals surface area contributed by atoms with Gasteiger partial charge in [0.2, 0.25) is 0 Å². The molecule has 0 aromatic heterocycles. The Kier molecular flexibility index (Phi) is 47.4. The number of carbonyl (C=O) groups is 2. The number of allylic oxidation sites excluding steroid dienone is 8. The van der Waals surface area contributed by atoms with Crippen molar-refractivity contribution in [2.75, 3.05) is 19.8 Å². The molecule has 0 aromatic carbocycles. The number of carbonyl (C=O) groups excluding carboxylic acids is 2. The third-order valence-electron chi connectivity index (χ3n) is 10.8. The number of hydrogen-bond acceptors (Lipinski definition) is 5. The summed E-state index contributed by atoms with van der Waals surface area (Å²) in [6, 6.07) is 0. The fourth-order valence-corrected chi connectivity index (χ4v) is 6.99. The van der Waals surface area contributed by atoms with E-state index in [1.165, 1.54) is 148 Å². The normalized spacial score (nSPS) is 12.5. The Labute approximate surface area is 361 Å². The molecule has 0 aliphatic rings. The maximum Gasteiger partial charge on any atom is 0.306 e. The Hall–Kier alpha value is -2.14. The van der Waals surface area contributed by atoms with Crippen LogP contribution in [0.1, 0.15) is 252 Å². The van der Waals surface area contributed by atoms with Gasteiger partial charge in [0.1, 0.15) is 6.61 Å². The van der Waals surface area contributed by atoms with E-state index in [1.54, 1.807) is 0 Å². The van der Waals surface area contributed by atoms with Crippen LogP contribution in [0.4, 0.5) is 0 Å². The highest BCUT2D eigenvalue weighted by molar-refractivity contribution is 5.70. The summed E-state index contributed by atoms with van der Waals surface area (Å²) in [5.41, 5.74) is 0. The highest BCUT2D eigenvalue weighted by atomic mass is 16.6. The van der Waals surface area contributed by atoms with Gasteiger partial charge in [0.25, 0.3) is 0 Å². The van der Waals surface area contributed by atoms with Crippen molar-refractivity contribution < 1.29 is 23.8 Å². The molecule has 0 heterocycles. The summed E-state index contributed by atoms with van der Waals surface area (Å²) < 4.78 is 17.4. The second-order valence-corrected chi connectivity index (χ2v) is 16.7. The van der Waals surface area contributed by atoms with E-state index in [1.807, 2.05) is 0 Å². The van der Waals surface area contributed by atoms with Crippen LogP contribution in [0.2, 0.25) is 0 Å². The molecular weight excluding hydrogens is 717 g/mol. The summed E-state index contributed by atoms with van der Waals surface area (Å²) in [6.45, 7) is 7.75. The van der Waals surface area contributed by atoms with Crippen molar-refractivity contribution in [2.45, 2.75) is 258 Å². The summed E-state index contributed by atoms with van der Waals surface area (Å²) in [4.78, 5) is 25.3. The van der Waals surface area contributed by atoms with Crippen LogP contribution in [0.3, 0.4) is 0 Å². The standard InChI is InChI=1S/C53H96O5/c1-4-7-10-13-16-19-22-25-27-29-31-34-37-40-43-46-52(54)57-50-51(49-56-48-45-42-39-36-33-24-21-18-15-12-9-6-3)58-53(55)47-44-41-38-35-32-30-28-26-23-20-17-14-11-8-5-2/h15-16,18-19,25-28,51H,4-14,17,20-24,29-50H2,1-3H3/b18-15-,19-16-,27-25-,28-26-. The Morgan fingerprint density at radius 2 is 0.741 bits per heavy atom. The van der Waals surface area contributed by atoms with Crippen molar-refractivity contribution in [3.05, 3.63) is 48.6 Å². The molecule has 0 rings (SSSR count). The van der Waals surface area contributed by atoms with Crippen LogP contribution in [0.15, 0.2) is 48.6 Å². The molecule has 0 saturated carbocycles. The van der Waals surface area contributed by atoms with Crippen LogP contribution < -0.4 is 0 Å². The molecule has 5 nitrogen and oxygen atoms in total. The third kappa shape index (κ3) is 46.5. The van der Waals surface area contributed by atoms with Gasteiger partial charge < -0.3 is 14.2 Å². The van der Waals surface area contributed by atoms with Gasteiger partial charge in [-0.1, -0.05) is 191 Å². The number of unbranched alkanes of at least 4 members (excludes halogenated alkanes) is 27. The quantitative estimate of drug-likeness (QED) is 0.0348. The molecule has 0 spiro atoms. The topological polar surface area (TPSA) is 61.8 Å². The van der Waals surface area contributed by atoms with Crippen molar-refractivity contribution >= 4 is 11.9 Å². The minimum atomic E-state index is -0.547. The predicted molar refractivity (Wildman–Crippen MR) is 251 cm³/mol. The van der Waals surface area contributed by atoms with Gasteiger partial charge in [0, 0.05) is 19.4 Å². The first-order valence-corrected chi connectivity index (χ1v) is 25.2. The van der Waals surface area contributed by atoms with E-state index in [4.69, 9.17) is 14.2 Å². The molecule has 0 amide bonds. The van der Waals surface area contributed by atoms with Crippen molar-refractivity contribution in [3.63, 3.8) is 0 Å². The Morgan fingerprint density at radius 1 is 0.379 bits per heavy atom. The fourth-order valence-electron chi connectivity index (χ4n) is 6.99. The van der Waals surface area contributed by atoms with E-state index in [0.29, 0.717) is 19.4 Å². The third-order valence-corrected chi connectivity index (χ3v) is 10.8. The highest BCUT2D eigenvalue weighted by Gasteiger charge is 2.17. The maximum atomic E-state index is 12.8. The van der Waals surface area contributed by atoms with Gasteiger partial charge in [-0.2, -0.15) is 0 Å². The number of ether oxygens (including phenoxy) is 3. The molecule has 0 bridgehead atoms. The second kappa shape index (κ2) is 49.2. The maximum absolute atomic E-state index is 12.8. The summed E-state index contributed by atoms with van der Waals surface area (Å²) >= 11 is 0. The first-order chi connectivity index (χ1) is 28.6. The lowest BCUT2D eigenvalue weighted by atomic mass is 10.1. The monoisotopic (exact) mass is 813 g/mol. The molecule has 338 valence electrons. The number of esters is 2. The minimum Gasteiger partial charge on any atom is -0.462 e. The average molecular weight is 813 g/mol. The molecule has 0 saturated heterocycles. The number of hydrogen-bond donors (Lipinski definition) is 0. The molecule has 0 radical (unpaired) electrons. The van der Waals surface area contributed by atoms with Crippen LogP contribution in [0, 0.1) is 0 Å². The molecule has 1 unspecified atom stereocenters. The largest absolute Gasteiger partial charge is 0.462 e. The Balaban J connectivity index is 4.29. The fraction of sp³-hybridized carbons (Fsp3) is 0.811. The van der Waals surface area contributed by atoms with E-state index < -0.39 is 6.10 Å². The molecule has 0 aliphatic carbocycles. The van der Waals surface area contributed by atoms with Crippen LogP contribution >= 0.6 is 0 Å². The zero-order valence-electron chi connectivity index (χ0n) is 38.8. The smallest absolute Gasteiger partial charge is 0.306 e. The average Bonchev–Trinajstić information content (AvgIpc) is 3.22. The van der Waals surface area contributed by atoms with Crippen molar-refractivity contribution in [1.29, 1.82) is 0 Å². The lowest BCUT2D eigenvalue weighted by molar-refractivity contribution is -0.163. The zero-order chi connectivity index (χ0) is 42.1. The summed E-state index contributed by atoms with van der Waals surface area (Å²) in [7, 11) is 0. The molecule has 0 aromatic rings. The minimum absolute atomic E-state index is 0.0735. The summed E-state index contributed by atoms with van der Waals surface area (Å²) in [5.74, 6) is -0.420. The molecule has 5 heteroatoms. The molecule has 58 heavy (non-hydrogen) atoms. The van der Waals surface area contributed by atoms with Gasteiger partial charge in [-0.25, -0.2) is 0 Å². The first-order valence-electron chi connectivity index (χ1n) is 25.2. The highest BCUT2D eigenvalue weighted by Crippen LogP contribution is 2.13. The first kappa shape index (κ1) is 55.9. The molecule has 0 N–H and O–H groups in total. The van der Waals surface area contributed by atoms with E-state index in [0.717, 1.165) is 70.6 Å². The predicted octanol–water partition coefficient (Wildman–Crippen LogP) is 16.8. The van der Waals surface area contributed by atoms with Crippen LogP contribution in [-0.4, -0.2) is 37.9 Å². The SMILES string of the molecule is CCCC/C=C\CCCCCCCCOCC(COC(=O)CCCCCCC/C=C\C/C=C\CCCCC)OC(=O)CCCCCCC/C=C\CCCCCCCC. The second-order valence-electron chi connectivity index (χ2n) is 16.7. The van der Waals surface area contributed by atoms with E-state index in [9.17, 15) is 9.59 Å². The lowest BCUT2D eigenvalue weighted by Crippen LogP contribution is -2.30. The van der Waals surface area contributed by atoms with Crippen LogP contribution in [0.5, 0.6) is 0 Å². The van der Waals surface area contributed by atoms with Gasteiger partial charge >= 0.3 is 11.9 Å². The van der Waals surface area contributed by atoms with Gasteiger partial charge in [0.15, 0.2) is 6.10 Å². The number of rotatable bonds is 46. The molecule has 0 aliphatic heterocycles. The van der Waals surface area contributed by atoms with Crippen LogP contribution in [0.25, 0.3) is 0 Å². The van der Waals surface area contributed by atoms with E-state index in [2.05, 4.69) is 69.4 Å². The van der Waals surface area contributed by atoms with Crippen molar-refractivity contribution in [2.24, 2.45) is 0 Å². The summed E-state index contributed by atoms with van der Waals surface area (Å²) in [6.07, 6.45) is 59.6. The molecular formula is C53H96O5. The Bertz CT molecular complexity index is 966. The van der Waals surface area contributed by atoms with Gasteiger partial charge in [-0.15, -0.1) is 0 Å². The van der Waals surface area contributed by atoms with Crippen LogP contribution in [-0.2, 0) is 23.8 Å². The summed E-state index contributed by atoms with van der Waals surface area (Å²) in [5, 5.41) is 0. The van der Waals surface area contributed by atoms with Gasteiger partial charge in [-0.05, 0) is 96.3 Å². The Morgan fingerprint density at radius 3 is 1.24 bits per heavy atom. The van der Waals surface area contributed by atoms with E-state index in [-0.39, 0.29) is 25.2 Å². The zero-order valence-corrected chi connectivity index (χ0v) is 38.8. The molecule has 0 fully saturated rings. The molecule has 1 atom stereocenters. The van der Waals surface area contributed by atoms with Crippen molar-refractivity contribution in [3.8, 4) is 0 Å². The van der Waals surface area contributed by atoms with E-state index >= 15 is 0 Å². The van der Waals surface area contributed by atoms with Gasteiger partial charge in [-0.3, -0.25) is 9.59 Å².